The first-order valence-electron chi connectivity index (χ1n) is 8.15. The van der Waals surface area contributed by atoms with Crippen molar-refractivity contribution in [2.45, 2.75) is 45.6 Å². The van der Waals surface area contributed by atoms with Crippen LogP contribution in [0, 0.1) is 6.92 Å². The van der Waals surface area contributed by atoms with E-state index in [2.05, 4.69) is 22.0 Å². The zero-order valence-corrected chi connectivity index (χ0v) is 13.6. The molecule has 0 aliphatic carbocycles. The van der Waals surface area contributed by atoms with E-state index < -0.39 is 5.97 Å². The van der Waals surface area contributed by atoms with Gasteiger partial charge in [0.25, 0.3) is 0 Å². The van der Waals surface area contributed by atoms with Gasteiger partial charge in [-0.2, -0.15) is 0 Å². The van der Waals surface area contributed by atoms with Crippen LogP contribution in [0.25, 0.3) is 5.69 Å². The van der Waals surface area contributed by atoms with Crippen LogP contribution in [-0.2, 0) is 0 Å². The molecular formula is C17H22N4O2. The largest absolute Gasteiger partial charge is 0.476 e. The minimum atomic E-state index is -1.03. The molecule has 23 heavy (non-hydrogen) atoms. The van der Waals surface area contributed by atoms with Gasteiger partial charge in [-0.05, 0) is 44.2 Å². The molecule has 1 aliphatic rings. The maximum Gasteiger partial charge on any atom is 0.360 e. The number of carboxylic acids is 1. The molecule has 1 atom stereocenters. The average molecular weight is 314 g/mol. The summed E-state index contributed by atoms with van der Waals surface area (Å²) in [7, 11) is 0. The summed E-state index contributed by atoms with van der Waals surface area (Å²) in [5.41, 5.74) is 1.86. The Morgan fingerprint density at radius 3 is 2.78 bits per heavy atom. The molecule has 1 unspecified atom stereocenters. The fourth-order valence-corrected chi connectivity index (χ4v) is 3.23. The molecule has 1 aromatic heterocycles. The van der Waals surface area contributed by atoms with Crippen LogP contribution in [0.15, 0.2) is 24.3 Å². The maximum atomic E-state index is 11.6. The van der Waals surface area contributed by atoms with E-state index in [4.69, 9.17) is 0 Å². The van der Waals surface area contributed by atoms with Gasteiger partial charge in [-0.25, -0.2) is 4.79 Å². The van der Waals surface area contributed by atoms with Crippen molar-refractivity contribution in [3.8, 4) is 5.69 Å². The van der Waals surface area contributed by atoms with E-state index in [1.807, 2.05) is 31.2 Å². The molecule has 0 spiro atoms. The van der Waals surface area contributed by atoms with Gasteiger partial charge in [-0.3, -0.25) is 0 Å². The molecule has 0 amide bonds. The molecule has 1 saturated heterocycles. The smallest absolute Gasteiger partial charge is 0.360 e. The SMILES string of the molecule is CCC1CCCCN1c1nn(-c2ccccc2C)nc1C(=O)O. The Bertz CT molecular complexity index is 710. The van der Waals surface area contributed by atoms with E-state index in [-0.39, 0.29) is 5.69 Å². The highest BCUT2D eigenvalue weighted by molar-refractivity contribution is 5.91. The summed E-state index contributed by atoms with van der Waals surface area (Å²) >= 11 is 0. The van der Waals surface area contributed by atoms with Crippen molar-refractivity contribution in [1.82, 2.24) is 15.0 Å². The second-order valence-electron chi connectivity index (χ2n) is 6.00. The van der Waals surface area contributed by atoms with E-state index in [9.17, 15) is 9.90 Å². The summed E-state index contributed by atoms with van der Waals surface area (Å²) in [5, 5.41) is 18.3. The number of nitrogens with zero attached hydrogens (tertiary/aromatic N) is 4. The summed E-state index contributed by atoms with van der Waals surface area (Å²) in [6.45, 7) is 4.94. The molecule has 0 bridgehead atoms. The van der Waals surface area contributed by atoms with Crippen LogP contribution < -0.4 is 4.90 Å². The van der Waals surface area contributed by atoms with Crippen LogP contribution in [0.4, 0.5) is 5.82 Å². The van der Waals surface area contributed by atoms with Crippen LogP contribution in [-0.4, -0.2) is 38.7 Å². The molecule has 1 aromatic carbocycles. The standard InChI is InChI=1S/C17H22N4O2/c1-3-13-9-6-7-11-20(13)16-15(17(22)23)18-21(19-16)14-10-5-4-8-12(14)2/h4-5,8,10,13H,3,6-7,9,11H2,1-2H3,(H,22,23). The number of aromatic carboxylic acids is 1. The number of aromatic nitrogens is 3. The highest BCUT2D eigenvalue weighted by Gasteiger charge is 2.29. The third-order valence-electron chi connectivity index (χ3n) is 4.50. The second kappa shape index (κ2) is 6.40. The Balaban J connectivity index is 2.06. The first-order chi connectivity index (χ1) is 11.1. The molecule has 3 rings (SSSR count). The van der Waals surface area contributed by atoms with Gasteiger partial charge < -0.3 is 10.0 Å². The van der Waals surface area contributed by atoms with E-state index in [1.54, 1.807) is 0 Å². The zero-order valence-electron chi connectivity index (χ0n) is 13.6. The lowest BCUT2D eigenvalue weighted by atomic mass is 10.00. The number of piperidine rings is 1. The minimum absolute atomic E-state index is 0.0357. The number of hydrogen-bond acceptors (Lipinski definition) is 4. The number of hydrogen-bond donors (Lipinski definition) is 1. The van der Waals surface area contributed by atoms with Gasteiger partial charge in [0.1, 0.15) is 0 Å². The first-order valence-corrected chi connectivity index (χ1v) is 8.15. The summed E-state index contributed by atoms with van der Waals surface area (Å²) in [6.07, 6.45) is 4.30. The number of rotatable bonds is 4. The van der Waals surface area contributed by atoms with Crippen LogP contribution >= 0.6 is 0 Å². The lowest BCUT2D eigenvalue weighted by Crippen LogP contribution is -2.40. The van der Waals surface area contributed by atoms with E-state index in [1.165, 1.54) is 11.2 Å². The van der Waals surface area contributed by atoms with Crippen molar-refractivity contribution in [3.05, 3.63) is 35.5 Å². The van der Waals surface area contributed by atoms with E-state index >= 15 is 0 Å². The molecule has 1 N–H and O–H groups in total. The number of para-hydroxylation sites is 1. The maximum absolute atomic E-state index is 11.6. The molecular weight excluding hydrogens is 292 g/mol. The number of anilines is 1. The highest BCUT2D eigenvalue weighted by Crippen LogP contribution is 2.28. The first kappa shape index (κ1) is 15.5. The van der Waals surface area contributed by atoms with Crippen molar-refractivity contribution in [1.29, 1.82) is 0 Å². The Hall–Kier alpha value is -2.37. The van der Waals surface area contributed by atoms with Crippen LogP contribution in [0.3, 0.4) is 0 Å². The van der Waals surface area contributed by atoms with E-state index in [0.717, 1.165) is 37.1 Å². The number of benzene rings is 1. The van der Waals surface area contributed by atoms with Gasteiger partial charge in [-0.15, -0.1) is 15.0 Å². The van der Waals surface area contributed by atoms with Crippen molar-refractivity contribution in [2.75, 3.05) is 11.4 Å². The van der Waals surface area contributed by atoms with Crippen molar-refractivity contribution >= 4 is 11.8 Å². The fourth-order valence-electron chi connectivity index (χ4n) is 3.23. The number of carbonyl (C=O) groups is 1. The molecule has 6 heteroatoms. The Morgan fingerprint density at radius 2 is 2.09 bits per heavy atom. The van der Waals surface area contributed by atoms with Crippen LogP contribution in [0.2, 0.25) is 0 Å². The molecule has 122 valence electrons. The normalized spacial score (nSPS) is 18.2. The predicted octanol–water partition coefficient (Wildman–Crippen LogP) is 3.04. The molecule has 1 aliphatic heterocycles. The van der Waals surface area contributed by atoms with Gasteiger partial charge in [-0.1, -0.05) is 25.1 Å². The number of aryl methyl sites for hydroxylation is 1. The Kier molecular flexibility index (Phi) is 4.32. The van der Waals surface area contributed by atoms with Crippen LogP contribution in [0.1, 0.15) is 48.7 Å². The van der Waals surface area contributed by atoms with E-state index in [0.29, 0.717) is 11.9 Å². The fraction of sp³-hybridized carbons (Fsp3) is 0.471. The topological polar surface area (TPSA) is 71.2 Å². The third-order valence-corrected chi connectivity index (χ3v) is 4.50. The summed E-state index contributed by atoms with van der Waals surface area (Å²) in [4.78, 5) is 15.2. The third kappa shape index (κ3) is 2.93. The molecule has 1 fully saturated rings. The van der Waals surface area contributed by atoms with Gasteiger partial charge in [0.15, 0.2) is 5.82 Å². The Labute approximate surface area is 135 Å². The monoisotopic (exact) mass is 314 g/mol. The second-order valence-corrected chi connectivity index (χ2v) is 6.00. The summed E-state index contributed by atoms with van der Waals surface area (Å²) in [5.74, 6) is -0.535. The molecule has 0 saturated carbocycles. The summed E-state index contributed by atoms with van der Waals surface area (Å²) < 4.78 is 0. The van der Waals surface area contributed by atoms with Crippen molar-refractivity contribution in [2.24, 2.45) is 0 Å². The predicted molar refractivity (Wildman–Crippen MR) is 88.3 cm³/mol. The lowest BCUT2D eigenvalue weighted by molar-refractivity contribution is 0.0690. The van der Waals surface area contributed by atoms with Crippen molar-refractivity contribution < 1.29 is 9.90 Å². The molecule has 2 heterocycles. The minimum Gasteiger partial charge on any atom is -0.476 e. The van der Waals surface area contributed by atoms with Crippen LogP contribution in [0.5, 0.6) is 0 Å². The Morgan fingerprint density at radius 1 is 1.30 bits per heavy atom. The molecule has 0 radical (unpaired) electrons. The molecule has 2 aromatic rings. The lowest BCUT2D eigenvalue weighted by Gasteiger charge is -2.35. The van der Waals surface area contributed by atoms with Crippen molar-refractivity contribution in [3.63, 3.8) is 0 Å². The van der Waals surface area contributed by atoms with Gasteiger partial charge in [0.2, 0.25) is 5.69 Å². The number of carboxylic acid groups (broad SMARTS) is 1. The molecule has 6 nitrogen and oxygen atoms in total. The average Bonchev–Trinajstić information content (AvgIpc) is 3.00. The highest BCUT2D eigenvalue weighted by atomic mass is 16.4. The summed E-state index contributed by atoms with van der Waals surface area (Å²) in [6, 6.07) is 8.05. The van der Waals surface area contributed by atoms with Gasteiger partial charge in [0, 0.05) is 12.6 Å². The quantitative estimate of drug-likeness (QED) is 0.939. The van der Waals surface area contributed by atoms with Gasteiger partial charge in [0.05, 0.1) is 5.69 Å². The zero-order chi connectivity index (χ0) is 16.4. The van der Waals surface area contributed by atoms with Gasteiger partial charge >= 0.3 is 5.97 Å².